The summed E-state index contributed by atoms with van der Waals surface area (Å²) in [6.07, 6.45) is 12.8. The smallest absolute Gasteiger partial charge is 0.0401 e. The molecule has 0 aromatic rings. The van der Waals surface area contributed by atoms with Crippen molar-refractivity contribution in [2.75, 3.05) is 0 Å². The van der Waals surface area contributed by atoms with Gasteiger partial charge in [0.2, 0.25) is 0 Å². The first-order valence-corrected chi connectivity index (χ1v) is 4.86. The molecule has 0 bridgehead atoms. The highest BCUT2D eigenvalue weighted by Gasteiger charge is 2.04. The van der Waals surface area contributed by atoms with Crippen molar-refractivity contribution >= 4 is 5.71 Å². The average Bonchev–Trinajstić information content (AvgIpc) is 2.19. The predicted molar refractivity (Wildman–Crippen MR) is 59.0 cm³/mol. The van der Waals surface area contributed by atoms with Crippen LogP contribution in [-0.4, -0.2) is 5.71 Å². The summed E-state index contributed by atoms with van der Waals surface area (Å²) in [7, 11) is 0. The fourth-order valence-corrected chi connectivity index (χ4v) is 1.47. The van der Waals surface area contributed by atoms with Gasteiger partial charge in [-0.05, 0) is 44.3 Å². The molecule has 1 nitrogen and oxygen atoms in total. The molecule has 0 radical (unpaired) electrons. The lowest BCUT2D eigenvalue weighted by Crippen LogP contribution is -2.00. The molecule has 1 aliphatic carbocycles. The Morgan fingerprint density at radius 3 is 3.00 bits per heavy atom. The SMILES string of the molecule is C=C/C=C\N=C(C)C1=CCCCC1. The van der Waals surface area contributed by atoms with E-state index in [0.717, 1.165) is 5.71 Å². The van der Waals surface area contributed by atoms with Gasteiger partial charge in [0.25, 0.3) is 0 Å². The summed E-state index contributed by atoms with van der Waals surface area (Å²) >= 11 is 0. The van der Waals surface area contributed by atoms with Gasteiger partial charge in [-0.15, -0.1) is 0 Å². The molecule has 0 aliphatic heterocycles. The standard InChI is InChI=1S/C12H17N/c1-3-4-10-13-11(2)12-8-6-5-7-9-12/h3-4,8,10H,1,5-7,9H2,2H3/b10-4-,13-11?. The third kappa shape index (κ3) is 3.41. The lowest BCUT2D eigenvalue weighted by atomic mass is 9.97. The largest absolute Gasteiger partial charge is 0.261 e. The first-order chi connectivity index (χ1) is 6.34. The second-order valence-electron chi connectivity index (χ2n) is 3.27. The second-order valence-corrected chi connectivity index (χ2v) is 3.27. The minimum Gasteiger partial charge on any atom is -0.261 e. The molecule has 70 valence electrons. The van der Waals surface area contributed by atoms with Crippen LogP contribution in [0.5, 0.6) is 0 Å². The van der Waals surface area contributed by atoms with E-state index in [2.05, 4.69) is 24.6 Å². The predicted octanol–water partition coefficient (Wildman–Crippen LogP) is 3.65. The fraction of sp³-hybridized carbons (Fsp3) is 0.417. The van der Waals surface area contributed by atoms with Gasteiger partial charge in [-0.2, -0.15) is 0 Å². The number of nitrogens with zero attached hydrogens (tertiary/aromatic N) is 1. The number of hydrogen-bond donors (Lipinski definition) is 0. The van der Waals surface area contributed by atoms with Crippen molar-refractivity contribution < 1.29 is 0 Å². The van der Waals surface area contributed by atoms with E-state index in [1.165, 1.54) is 31.3 Å². The number of aliphatic imine (C=N–C) groups is 1. The average molecular weight is 175 g/mol. The van der Waals surface area contributed by atoms with Crippen LogP contribution in [0.2, 0.25) is 0 Å². The van der Waals surface area contributed by atoms with Gasteiger partial charge in [-0.3, -0.25) is 4.99 Å². The van der Waals surface area contributed by atoms with Crippen molar-refractivity contribution in [3.05, 3.63) is 36.6 Å². The van der Waals surface area contributed by atoms with Gasteiger partial charge in [0.15, 0.2) is 0 Å². The summed E-state index contributed by atoms with van der Waals surface area (Å²) in [5.74, 6) is 0. The lowest BCUT2D eigenvalue weighted by molar-refractivity contribution is 0.717. The summed E-state index contributed by atoms with van der Waals surface area (Å²) in [5, 5.41) is 0. The normalized spacial score (nSPS) is 18.8. The number of rotatable bonds is 3. The van der Waals surface area contributed by atoms with E-state index < -0.39 is 0 Å². The molecule has 0 saturated heterocycles. The van der Waals surface area contributed by atoms with E-state index in [9.17, 15) is 0 Å². The van der Waals surface area contributed by atoms with Crippen molar-refractivity contribution in [2.24, 2.45) is 4.99 Å². The first-order valence-electron chi connectivity index (χ1n) is 4.86. The molecule has 1 heteroatoms. The minimum absolute atomic E-state index is 1.15. The Morgan fingerprint density at radius 1 is 1.54 bits per heavy atom. The second kappa shape index (κ2) is 5.52. The van der Waals surface area contributed by atoms with Crippen LogP contribution in [0.1, 0.15) is 32.6 Å². The van der Waals surface area contributed by atoms with E-state index >= 15 is 0 Å². The van der Waals surface area contributed by atoms with Crippen LogP contribution in [0.4, 0.5) is 0 Å². The molecule has 0 N–H and O–H groups in total. The Kier molecular flexibility index (Phi) is 4.24. The zero-order chi connectivity index (χ0) is 9.52. The molecule has 0 saturated carbocycles. The van der Waals surface area contributed by atoms with Crippen molar-refractivity contribution in [3.8, 4) is 0 Å². The Morgan fingerprint density at radius 2 is 2.38 bits per heavy atom. The molecular formula is C12H17N. The lowest BCUT2D eigenvalue weighted by Gasteiger charge is -2.11. The topological polar surface area (TPSA) is 12.4 Å². The molecule has 0 aromatic heterocycles. The third-order valence-electron chi connectivity index (χ3n) is 2.25. The van der Waals surface area contributed by atoms with Crippen LogP contribution in [-0.2, 0) is 0 Å². The fourth-order valence-electron chi connectivity index (χ4n) is 1.47. The molecular weight excluding hydrogens is 158 g/mol. The van der Waals surface area contributed by atoms with Gasteiger partial charge in [-0.25, -0.2) is 0 Å². The molecule has 0 heterocycles. The summed E-state index contributed by atoms with van der Waals surface area (Å²) in [4.78, 5) is 4.33. The zero-order valence-corrected chi connectivity index (χ0v) is 8.29. The van der Waals surface area contributed by atoms with Gasteiger partial charge in [0.05, 0.1) is 0 Å². The van der Waals surface area contributed by atoms with Gasteiger partial charge in [0, 0.05) is 11.9 Å². The summed E-state index contributed by atoms with van der Waals surface area (Å²) in [5.41, 5.74) is 2.57. The highest BCUT2D eigenvalue weighted by molar-refractivity contribution is 5.98. The van der Waals surface area contributed by atoms with Crippen LogP contribution in [0.15, 0.2) is 41.6 Å². The highest BCUT2D eigenvalue weighted by Crippen LogP contribution is 2.18. The Labute approximate surface area is 80.6 Å². The van der Waals surface area contributed by atoms with Crippen molar-refractivity contribution in [2.45, 2.75) is 32.6 Å². The van der Waals surface area contributed by atoms with E-state index in [4.69, 9.17) is 0 Å². The Balaban J connectivity index is 2.59. The van der Waals surface area contributed by atoms with Gasteiger partial charge in [0.1, 0.15) is 0 Å². The minimum atomic E-state index is 1.15. The maximum atomic E-state index is 4.33. The van der Waals surface area contributed by atoms with Crippen LogP contribution in [0.3, 0.4) is 0 Å². The van der Waals surface area contributed by atoms with E-state index in [1.807, 2.05) is 6.08 Å². The summed E-state index contributed by atoms with van der Waals surface area (Å²) < 4.78 is 0. The maximum Gasteiger partial charge on any atom is 0.0401 e. The highest BCUT2D eigenvalue weighted by atomic mass is 14.7. The molecule has 1 rings (SSSR count). The molecule has 0 atom stereocenters. The van der Waals surface area contributed by atoms with Crippen LogP contribution in [0.25, 0.3) is 0 Å². The number of allylic oxidation sites excluding steroid dienone is 4. The monoisotopic (exact) mass is 175 g/mol. The van der Waals surface area contributed by atoms with Gasteiger partial charge >= 0.3 is 0 Å². The van der Waals surface area contributed by atoms with E-state index in [1.54, 1.807) is 12.3 Å². The molecule has 0 fully saturated rings. The number of hydrogen-bond acceptors (Lipinski definition) is 1. The maximum absolute atomic E-state index is 4.33. The Hall–Kier alpha value is -1.11. The van der Waals surface area contributed by atoms with Crippen LogP contribution in [0, 0.1) is 0 Å². The third-order valence-corrected chi connectivity index (χ3v) is 2.25. The van der Waals surface area contributed by atoms with Crippen LogP contribution < -0.4 is 0 Å². The molecule has 1 aliphatic rings. The summed E-state index contributed by atoms with van der Waals surface area (Å²) in [6, 6.07) is 0. The quantitative estimate of drug-likeness (QED) is 0.458. The van der Waals surface area contributed by atoms with Crippen LogP contribution >= 0.6 is 0 Å². The van der Waals surface area contributed by atoms with Crippen molar-refractivity contribution in [1.82, 2.24) is 0 Å². The first kappa shape index (κ1) is 9.97. The van der Waals surface area contributed by atoms with Crippen molar-refractivity contribution in [3.63, 3.8) is 0 Å². The van der Waals surface area contributed by atoms with Gasteiger partial charge < -0.3 is 0 Å². The molecule has 13 heavy (non-hydrogen) atoms. The molecule has 0 spiro atoms. The van der Waals surface area contributed by atoms with Gasteiger partial charge in [-0.1, -0.05) is 18.7 Å². The zero-order valence-electron chi connectivity index (χ0n) is 8.29. The summed E-state index contributed by atoms with van der Waals surface area (Å²) in [6.45, 7) is 5.67. The van der Waals surface area contributed by atoms with E-state index in [0.29, 0.717) is 0 Å². The molecule has 0 amide bonds. The molecule has 0 unspecified atom stereocenters. The van der Waals surface area contributed by atoms with E-state index in [-0.39, 0.29) is 0 Å². The molecule has 0 aromatic carbocycles. The van der Waals surface area contributed by atoms with Crippen molar-refractivity contribution in [1.29, 1.82) is 0 Å². The Bertz CT molecular complexity index is 256.